The van der Waals surface area contributed by atoms with Crippen molar-refractivity contribution in [2.75, 3.05) is 13.7 Å². The van der Waals surface area contributed by atoms with Crippen LogP contribution >= 0.6 is 12.4 Å². The standard InChI is InChI=1S/C15H22N2O4S.ClH/c1-11(16)7-10-17-22(19,20)13-5-3-12(4-6-13)15(8-9-15)14(18)21-2;/h3-6,11,17H,7-10,16H2,1-2H3;1H. The van der Waals surface area contributed by atoms with Crippen molar-refractivity contribution in [3.05, 3.63) is 29.8 Å². The number of benzene rings is 1. The molecule has 1 saturated carbocycles. The summed E-state index contributed by atoms with van der Waals surface area (Å²) >= 11 is 0. The largest absolute Gasteiger partial charge is 0.468 e. The maximum absolute atomic E-state index is 12.1. The van der Waals surface area contributed by atoms with Gasteiger partial charge in [-0.25, -0.2) is 13.1 Å². The van der Waals surface area contributed by atoms with Gasteiger partial charge in [0, 0.05) is 12.6 Å². The Hall–Kier alpha value is -1.15. The number of halogens is 1. The Bertz CT molecular complexity index is 640. The molecule has 6 nitrogen and oxygen atoms in total. The third-order valence-corrected chi connectivity index (χ3v) is 5.41. The molecule has 0 bridgehead atoms. The normalized spacial score (nSPS) is 17.0. The molecule has 0 radical (unpaired) electrons. The molecule has 1 fully saturated rings. The number of esters is 1. The van der Waals surface area contributed by atoms with E-state index in [9.17, 15) is 13.2 Å². The van der Waals surface area contributed by atoms with Crippen LogP contribution in [0.5, 0.6) is 0 Å². The lowest BCUT2D eigenvalue weighted by Gasteiger charge is -2.14. The first kappa shape index (κ1) is 19.9. The first-order valence-corrected chi connectivity index (χ1v) is 8.74. The van der Waals surface area contributed by atoms with Crippen LogP contribution < -0.4 is 10.5 Å². The molecule has 1 aromatic rings. The summed E-state index contributed by atoms with van der Waals surface area (Å²) in [4.78, 5) is 12.0. The van der Waals surface area contributed by atoms with Gasteiger partial charge in [-0.05, 0) is 43.9 Å². The minimum absolute atomic E-state index is 0. The minimum Gasteiger partial charge on any atom is -0.468 e. The topological polar surface area (TPSA) is 98.5 Å². The van der Waals surface area contributed by atoms with Gasteiger partial charge in [0.2, 0.25) is 10.0 Å². The number of rotatable bonds is 7. The molecule has 1 unspecified atom stereocenters. The van der Waals surface area contributed by atoms with Crippen LogP contribution in [-0.2, 0) is 25.0 Å². The van der Waals surface area contributed by atoms with Crippen LogP contribution in [0.4, 0.5) is 0 Å². The van der Waals surface area contributed by atoms with E-state index in [1.165, 1.54) is 19.2 Å². The zero-order valence-corrected chi connectivity index (χ0v) is 14.9. The Morgan fingerprint density at radius 2 is 1.91 bits per heavy atom. The molecular weight excluding hydrogens is 340 g/mol. The number of sulfonamides is 1. The van der Waals surface area contributed by atoms with E-state index in [1.807, 2.05) is 6.92 Å². The smallest absolute Gasteiger partial charge is 0.316 e. The van der Waals surface area contributed by atoms with Crippen molar-refractivity contribution in [1.29, 1.82) is 0 Å². The average Bonchev–Trinajstić information content (AvgIpc) is 3.27. The lowest BCUT2D eigenvalue weighted by Crippen LogP contribution is -2.29. The summed E-state index contributed by atoms with van der Waals surface area (Å²) in [5, 5.41) is 0. The lowest BCUT2D eigenvalue weighted by atomic mass is 9.96. The molecule has 130 valence electrons. The minimum atomic E-state index is -3.55. The fraction of sp³-hybridized carbons (Fsp3) is 0.533. The van der Waals surface area contributed by atoms with Crippen molar-refractivity contribution in [2.45, 2.75) is 42.5 Å². The van der Waals surface area contributed by atoms with Gasteiger partial charge in [0.25, 0.3) is 0 Å². The van der Waals surface area contributed by atoms with Gasteiger partial charge in [0.15, 0.2) is 0 Å². The van der Waals surface area contributed by atoms with Gasteiger partial charge in [-0.1, -0.05) is 12.1 Å². The molecular formula is C15H23ClN2O4S. The van der Waals surface area contributed by atoms with E-state index >= 15 is 0 Å². The van der Waals surface area contributed by atoms with Crippen molar-refractivity contribution >= 4 is 28.4 Å². The van der Waals surface area contributed by atoms with Crippen LogP contribution in [0.3, 0.4) is 0 Å². The highest BCUT2D eigenvalue weighted by molar-refractivity contribution is 7.89. The van der Waals surface area contributed by atoms with Crippen molar-refractivity contribution in [3.63, 3.8) is 0 Å². The molecule has 0 amide bonds. The predicted octanol–water partition coefficient (Wildman–Crippen LogP) is 1.33. The second-order valence-corrected chi connectivity index (χ2v) is 7.53. The number of carbonyl (C=O) groups excluding carboxylic acids is 1. The van der Waals surface area contributed by atoms with Crippen LogP contribution in [0, 0.1) is 0 Å². The van der Waals surface area contributed by atoms with Crippen molar-refractivity contribution in [1.82, 2.24) is 4.72 Å². The Balaban J connectivity index is 0.00000264. The highest BCUT2D eigenvalue weighted by Gasteiger charge is 2.52. The maximum Gasteiger partial charge on any atom is 0.316 e. The Morgan fingerprint density at radius 1 is 1.35 bits per heavy atom. The molecule has 0 saturated heterocycles. The summed E-state index contributed by atoms with van der Waals surface area (Å²) in [7, 11) is -2.18. The molecule has 1 aliphatic carbocycles. The molecule has 3 N–H and O–H groups in total. The third-order valence-electron chi connectivity index (χ3n) is 3.94. The molecule has 1 aromatic carbocycles. The Kier molecular flexibility index (Phi) is 6.59. The van der Waals surface area contributed by atoms with Crippen LogP contribution in [0.1, 0.15) is 31.7 Å². The van der Waals surface area contributed by atoms with E-state index < -0.39 is 15.4 Å². The molecule has 8 heteroatoms. The summed E-state index contributed by atoms with van der Waals surface area (Å²) < 4.78 is 31.6. The van der Waals surface area contributed by atoms with E-state index in [1.54, 1.807) is 12.1 Å². The van der Waals surface area contributed by atoms with E-state index in [-0.39, 0.29) is 29.3 Å². The van der Waals surface area contributed by atoms with Gasteiger partial charge < -0.3 is 10.5 Å². The number of hydrogen-bond donors (Lipinski definition) is 2. The summed E-state index contributed by atoms with van der Waals surface area (Å²) in [5.74, 6) is -0.266. The van der Waals surface area contributed by atoms with Crippen molar-refractivity contribution in [2.24, 2.45) is 5.73 Å². The molecule has 2 rings (SSSR count). The summed E-state index contributed by atoms with van der Waals surface area (Å²) in [6.45, 7) is 2.12. The number of methoxy groups -OCH3 is 1. The van der Waals surface area contributed by atoms with Crippen molar-refractivity contribution in [3.8, 4) is 0 Å². The highest BCUT2D eigenvalue weighted by Crippen LogP contribution is 2.49. The Labute approximate surface area is 143 Å². The summed E-state index contributed by atoms with van der Waals surface area (Å²) in [6, 6.07) is 6.35. The van der Waals surface area contributed by atoms with E-state index in [0.29, 0.717) is 13.0 Å². The number of nitrogens with two attached hydrogens (primary N) is 1. The summed E-state index contributed by atoms with van der Waals surface area (Å²) in [6.07, 6.45) is 2.04. The molecule has 0 spiro atoms. The zero-order chi connectivity index (χ0) is 16.4. The number of carbonyl (C=O) groups is 1. The SMILES string of the molecule is COC(=O)C1(c2ccc(S(=O)(=O)NCCC(C)N)cc2)CC1.Cl. The molecule has 23 heavy (non-hydrogen) atoms. The Morgan fingerprint density at radius 3 is 2.35 bits per heavy atom. The maximum atomic E-state index is 12.1. The lowest BCUT2D eigenvalue weighted by molar-refractivity contribution is -0.143. The molecule has 0 aromatic heterocycles. The third kappa shape index (κ3) is 4.44. The fourth-order valence-corrected chi connectivity index (χ4v) is 3.44. The van der Waals surface area contributed by atoms with Gasteiger partial charge in [-0.3, -0.25) is 4.79 Å². The highest BCUT2D eigenvalue weighted by atomic mass is 35.5. The molecule has 0 aliphatic heterocycles. The van der Waals surface area contributed by atoms with Gasteiger partial charge in [-0.15, -0.1) is 12.4 Å². The van der Waals surface area contributed by atoms with Gasteiger partial charge in [-0.2, -0.15) is 0 Å². The van der Waals surface area contributed by atoms with Gasteiger partial charge in [0.1, 0.15) is 0 Å². The first-order valence-electron chi connectivity index (χ1n) is 7.26. The van der Waals surface area contributed by atoms with E-state index in [0.717, 1.165) is 18.4 Å². The van der Waals surface area contributed by atoms with E-state index in [2.05, 4.69) is 4.72 Å². The second-order valence-electron chi connectivity index (χ2n) is 5.76. The number of ether oxygens (including phenoxy) is 1. The van der Waals surface area contributed by atoms with Crippen LogP contribution in [0.2, 0.25) is 0 Å². The number of nitrogens with one attached hydrogen (secondary N) is 1. The second kappa shape index (κ2) is 7.61. The zero-order valence-electron chi connectivity index (χ0n) is 13.2. The first-order chi connectivity index (χ1) is 10.3. The molecule has 1 atom stereocenters. The van der Waals surface area contributed by atoms with Crippen LogP contribution in [-0.4, -0.2) is 34.1 Å². The number of hydrogen-bond acceptors (Lipinski definition) is 5. The molecule has 0 heterocycles. The quantitative estimate of drug-likeness (QED) is 0.713. The predicted molar refractivity (Wildman–Crippen MR) is 90.1 cm³/mol. The van der Waals surface area contributed by atoms with E-state index in [4.69, 9.17) is 10.5 Å². The summed E-state index contributed by atoms with van der Waals surface area (Å²) in [5.41, 5.74) is 5.81. The monoisotopic (exact) mass is 362 g/mol. The van der Waals surface area contributed by atoms with Crippen LogP contribution in [0.25, 0.3) is 0 Å². The van der Waals surface area contributed by atoms with Crippen LogP contribution in [0.15, 0.2) is 29.2 Å². The average molecular weight is 363 g/mol. The molecule has 1 aliphatic rings. The van der Waals surface area contributed by atoms with Crippen molar-refractivity contribution < 1.29 is 17.9 Å². The van der Waals surface area contributed by atoms with Gasteiger partial charge in [0.05, 0.1) is 17.4 Å². The fourth-order valence-electron chi connectivity index (χ4n) is 2.39. The van der Waals surface area contributed by atoms with Gasteiger partial charge >= 0.3 is 5.97 Å².